The maximum absolute atomic E-state index is 12.4. The van der Waals surface area contributed by atoms with Gasteiger partial charge in [-0.3, -0.25) is 0 Å². The molecule has 11 heavy (non-hydrogen) atoms. The lowest BCUT2D eigenvalue weighted by Gasteiger charge is -2.19. The molecule has 0 aliphatic heterocycles. The second-order valence-corrected chi connectivity index (χ2v) is 2.47. The molecule has 0 nitrogen and oxygen atoms in total. The Morgan fingerprint density at radius 2 is 1.36 bits per heavy atom. The van der Waals surface area contributed by atoms with E-state index in [2.05, 4.69) is 0 Å². The van der Waals surface area contributed by atoms with Crippen LogP contribution < -0.4 is 0 Å². The molecule has 0 aliphatic carbocycles. The van der Waals surface area contributed by atoms with E-state index in [1.165, 1.54) is 0 Å². The molecular weight excluding hydrogens is 146 g/mol. The van der Waals surface area contributed by atoms with Crippen molar-refractivity contribution in [1.29, 1.82) is 0 Å². The van der Waals surface area contributed by atoms with Crippen molar-refractivity contribution < 1.29 is 8.78 Å². The average molecular weight is 166 g/mol. The number of rotatable bonds is 3. The number of hydrogen-bond donors (Lipinski definition) is 0. The van der Waals surface area contributed by atoms with E-state index in [1.54, 1.807) is 13.8 Å². The second kappa shape index (κ2) is 6.56. The van der Waals surface area contributed by atoms with E-state index in [1.807, 2.05) is 13.8 Å². The summed E-state index contributed by atoms with van der Waals surface area (Å²) < 4.78 is 24.8. The van der Waals surface area contributed by atoms with Crippen LogP contribution in [-0.2, 0) is 0 Å². The van der Waals surface area contributed by atoms with Gasteiger partial charge >= 0.3 is 0 Å². The molecule has 0 bridgehead atoms. The van der Waals surface area contributed by atoms with Gasteiger partial charge in [0.25, 0.3) is 0 Å². The van der Waals surface area contributed by atoms with Gasteiger partial charge in [-0.2, -0.15) is 0 Å². The summed E-state index contributed by atoms with van der Waals surface area (Å²) in [5.41, 5.74) is 0. The molecule has 0 N–H and O–H groups in total. The smallest absolute Gasteiger partial charge is 0.207 e. The molecule has 0 fully saturated rings. The molecule has 0 unspecified atom stereocenters. The van der Waals surface area contributed by atoms with Gasteiger partial charge in [0, 0.05) is 5.92 Å². The Morgan fingerprint density at radius 3 is 1.36 bits per heavy atom. The van der Waals surface area contributed by atoms with E-state index in [9.17, 15) is 8.78 Å². The van der Waals surface area contributed by atoms with E-state index >= 15 is 0 Å². The predicted octanol–water partition coefficient (Wildman–Crippen LogP) is 4.10. The van der Waals surface area contributed by atoms with E-state index in [0.717, 1.165) is 6.92 Å². The third-order valence-corrected chi connectivity index (χ3v) is 1.70. The van der Waals surface area contributed by atoms with Gasteiger partial charge < -0.3 is 0 Å². The summed E-state index contributed by atoms with van der Waals surface area (Å²) in [6.45, 7) is 8.59. The van der Waals surface area contributed by atoms with Crippen molar-refractivity contribution in [3.63, 3.8) is 0 Å². The van der Waals surface area contributed by atoms with E-state index in [-0.39, 0.29) is 0 Å². The van der Waals surface area contributed by atoms with Gasteiger partial charge in [0.1, 0.15) is 0 Å². The minimum atomic E-state index is -2.48. The van der Waals surface area contributed by atoms with E-state index < -0.39 is 11.8 Å². The number of hydrogen-bond acceptors (Lipinski definition) is 0. The van der Waals surface area contributed by atoms with Crippen molar-refractivity contribution in [2.24, 2.45) is 5.92 Å². The molecule has 0 heterocycles. The van der Waals surface area contributed by atoms with Gasteiger partial charge in [0.15, 0.2) is 0 Å². The molecule has 0 amide bonds. The van der Waals surface area contributed by atoms with Crippen molar-refractivity contribution in [3.05, 3.63) is 0 Å². The second-order valence-electron chi connectivity index (χ2n) is 2.47. The Balaban J connectivity index is 0. The van der Waals surface area contributed by atoms with Gasteiger partial charge in [-0.25, -0.2) is 8.78 Å². The first-order valence-corrected chi connectivity index (χ1v) is 4.40. The summed E-state index contributed by atoms with van der Waals surface area (Å²) >= 11 is 0. The van der Waals surface area contributed by atoms with Crippen LogP contribution in [0.1, 0.15) is 47.5 Å². The van der Waals surface area contributed by atoms with Crippen LogP contribution in [0.5, 0.6) is 0 Å². The van der Waals surface area contributed by atoms with Crippen LogP contribution in [0, 0.1) is 5.92 Å². The third kappa shape index (κ3) is 6.27. The van der Waals surface area contributed by atoms with Gasteiger partial charge in [-0.05, 0) is 19.8 Å². The molecule has 0 radical (unpaired) electrons. The summed E-state index contributed by atoms with van der Waals surface area (Å²) in [4.78, 5) is 0. The minimum absolute atomic E-state index is 0.433. The van der Waals surface area contributed by atoms with Crippen LogP contribution in [-0.4, -0.2) is 5.92 Å². The number of alkyl halides is 2. The van der Waals surface area contributed by atoms with Crippen LogP contribution in [0.3, 0.4) is 0 Å². The lowest BCUT2D eigenvalue weighted by molar-refractivity contribution is -0.0423. The molecule has 0 aromatic rings. The fourth-order valence-electron chi connectivity index (χ4n) is 1.01. The zero-order valence-electron chi connectivity index (χ0n) is 8.25. The van der Waals surface area contributed by atoms with Crippen molar-refractivity contribution in [2.45, 2.75) is 53.4 Å². The van der Waals surface area contributed by atoms with Crippen LogP contribution in [0.25, 0.3) is 0 Å². The lowest BCUT2D eigenvalue weighted by atomic mass is 9.97. The highest BCUT2D eigenvalue weighted by Crippen LogP contribution is 2.28. The molecule has 0 atom stereocenters. The SMILES string of the molecule is CC.CCC(CC)C(C)(F)F. The molecule has 70 valence electrons. The summed E-state index contributed by atoms with van der Waals surface area (Å²) in [6, 6.07) is 0. The largest absolute Gasteiger partial charge is 0.248 e. The highest BCUT2D eigenvalue weighted by Gasteiger charge is 2.30. The fraction of sp³-hybridized carbons (Fsp3) is 1.00. The summed E-state index contributed by atoms with van der Waals surface area (Å²) in [5, 5.41) is 0. The Morgan fingerprint density at radius 1 is 1.09 bits per heavy atom. The van der Waals surface area contributed by atoms with Gasteiger partial charge in [0.2, 0.25) is 5.92 Å². The van der Waals surface area contributed by atoms with Crippen LogP contribution in [0.2, 0.25) is 0 Å². The molecule has 0 saturated carbocycles. The molecule has 0 aromatic carbocycles. The first-order valence-electron chi connectivity index (χ1n) is 4.40. The third-order valence-electron chi connectivity index (χ3n) is 1.70. The maximum Gasteiger partial charge on any atom is 0.248 e. The highest BCUT2D eigenvalue weighted by molar-refractivity contribution is 4.68. The minimum Gasteiger partial charge on any atom is -0.207 e. The average Bonchev–Trinajstić information content (AvgIpc) is 1.92. The molecule has 0 aliphatic rings. The maximum atomic E-state index is 12.4. The predicted molar refractivity (Wildman–Crippen MR) is 46.0 cm³/mol. The van der Waals surface area contributed by atoms with E-state index in [4.69, 9.17) is 0 Å². The zero-order chi connectivity index (χ0) is 9.49. The first kappa shape index (κ1) is 13.4. The summed E-state index contributed by atoms with van der Waals surface area (Å²) in [6.07, 6.45) is 1.14. The molecular formula is C9H20F2. The van der Waals surface area contributed by atoms with Crippen molar-refractivity contribution in [3.8, 4) is 0 Å². The van der Waals surface area contributed by atoms with Gasteiger partial charge in [-0.15, -0.1) is 0 Å². The van der Waals surface area contributed by atoms with Crippen molar-refractivity contribution in [2.75, 3.05) is 0 Å². The summed E-state index contributed by atoms with van der Waals surface area (Å²) in [7, 11) is 0. The quantitative estimate of drug-likeness (QED) is 0.592. The van der Waals surface area contributed by atoms with Crippen LogP contribution in [0.15, 0.2) is 0 Å². The molecule has 0 spiro atoms. The normalized spacial score (nSPS) is 10.9. The highest BCUT2D eigenvalue weighted by atomic mass is 19.3. The lowest BCUT2D eigenvalue weighted by Crippen LogP contribution is -2.22. The van der Waals surface area contributed by atoms with Gasteiger partial charge in [0.05, 0.1) is 0 Å². The van der Waals surface area contributed by atoms with Gasteiger partial charge in [-0.1, -0.05) is 27.7 Å². The molecule has 0 aromatic heterocycles. The standard InChI is InChI=1S/C7H14F2.C2H6/c1-4-6(5-2)7(3,8)9;1-2/h6H,4-5H2,1-3H3;1-2H3. The van der Waals surface area contributed by atoms with E-state index in [0.29, 0.717) is 12.8 Å². The molecule has 0 rings (SSSR count). The monoisotopic (exact) mass is 166 g/mol. The zero-order valence-corrected chi connectivity index (χ0v) is 8.25. The first-order chi connectivity index (χ1) is 5.02. The molecule has 0 saturated heterocycles. The Labute approximate surface area is 69.0 Å². The molecule has 2 heteroatoms. The number of halogens is 2. The summed E-state index contributed by atoms with van der Waals surface area (Å²) in [5.74, 6) is -2.92. The van der Waals surface area contributed by atoms with Crippen LogP contribution in [0.4, 0.5) is 8.78 Å². The Kier molecular flexibility index (Phi) is 8.02. The topological polar surface area (TPSA) is 0 Å². The van der Waals surface area contributed by atoms with Crippen LogP contribution >= 0.6 is 0 Å². The Bertz CT molecular complexity index is 70.1. The van der Waals surface area contributed by atoms with Crippen molar-refractivity contribution in [1.82, 2.24) is 0 Å². The Hall–Kier alpha value is -0.140. The van der Waals surface area contributed by atoms with Crippen molar-refractivity contribution >= 4 is 0 Å². The fourth-order valence-corrected chi connectivity index (χ4v) is 1.01.